The Bertz CT molecular complexity index is 774. The quantitative estimate of drug-likeness (QED) is 0.667. The van der Waals surface area contributed by atoms with Crippen LogP contribution < -0.4 is 5.32 Å². The maximum atomic E-state index is 12.1. The smallest absolute Gasteiger partial charge is 0.266 e. The summed E-state index contributed by atoms with van der Waals surface area (Å²) in [5, 5.41) is 21.3. The SMILES string of the molecule is Cc1ccc(NC(=O)C(C#N)=Cc2ccc(O)c(Cl)c2)cc1. The number of nitrogens with one attached hydrogen (secondary N) is 1. The molecule has 0 aliphatic carbocycles. The fraction of sp³-hybridized carbons (Fsp3) is 0.0588. The third-order valence-corrected chi connectivity index (χ3v) is 3.26. The van der Waals surface area contributed by atoms with Crippen LogP contribution in [0.25, 0.3) is 6.08 Å². The van der Waals surface area contributed by atoms with E-state index in [0.717, 1.165) is 5.56 Å². The van der Waals surface area contributed by atoms with E-state index in [0.29, 0.717) is 11.3 Å². The highest BCUT2D eigenvalue weighted by atomic mass is 35.5. The van der Waals surface area contributed by atoms with Crippen LogP contribution in [0.2, 0.25) is 5.02 Å². The molecular weight excluding hydrogens is 300 g/mol. The Hall–Kier alpha value is -2.77. The topological polar surface area (TPSA) is 73.1 Å². The standard InChI is InChI=1S/C17H13ClN2O2/c1-11-2-5-14(6-3-11)20-17(22)13(10-19)8-12-4-7-16(21)15(18)9-12/h2-9,21H,1H3,(H,20,22). The molecule has 22 heavy (non-hydrogen) atoms. The Morgan fingerprint density at radius 2 is 1.95 bits per heavy atom. The molecule has 0 heterocycles. The van der Waals surface area contributed by atoms with Crippen molar-refractivity contribution < 1.29 is 9.90 Å². The zero-order chi connectivity index (χ0) is 16.1. The van der Waals surface area contributed by atoms with Gasteiger partial charge in [-0.1, -0.05) is 35.4 Å². The van der Waals surface area contributed by atoms with Crippen LogP contribution in [0.15, 0.2) is 48.0 Å². The Morgan fingerprint density at radius 3 is 2.55 bits per heavy atom. The molecule has 0 aliphatic rings. The number of rotatable bonds is 3. The summed E-state index contributed by atoms with van der Waals surface area (Å²) < 4.78 is 0. The van der Waals surface area contributed by atoms with Gasteiger partial charge >= 0.3 is 0 Å². The predicted molar refractivity (Wildman–Crippen MR) is 86.5 cm³/mol. The fourth-order valence-corrected chi connectivity index (χ4v) is 1.95. The molecule has 0 atom stereocenters. The number of nitriles is 1. The molecule has 0 bridgehead atoms. The van der Waals surface area contributed by atoms with E-state index in [1.807, 2.05) is 25.1 Å². The molecule has 2 aromatic rings. The van der Waals surface area contributed by atoms with Gasteiger partial charge in [-0.15, -0.1) is 0 Å². The van der Waals surface area contributed by atoms with E-state index in [9.17, 15) is 9.90 Å². The van der Waals surface area contributed by atoms with Crippen molar-refractivity contribution in [3.05, 3.63) is 64.2 Å². The molecule has 0 saturated carbocycles. The largest absolute Gasteiger partial charge is 0.506 e. The lowest BCUT2D eigenvalue weighted by Gasteiger charge is -2.05. The third kappa shape index (κ3) is 3.87. The van der Waals surface area contributed by atoms with Crippen molar-refractivity contribution in [2.75, 3.05) is 5.32 Å². The number of amides is 1. The zero-order valence-electron chi connectivity index (χ0n) is 11.8. The highest BCUT2D eigenvalue weighted by molar-refractivity contribution is 6.32. The number of carbonyl (C=O) groups excluding carboxylic acids is 1. The maximum Gasteiger partial charge on any atom is 0.266 e. The summed E-state index contributed by atoms with van der Waals surface area (Å²) in [5.41, 5.74) is 2.19. The molecule has 2 N–H and O–H groups in total. The number of benzene rings is 2. The third-order valence-electron chi connectivity index (χ3n) is 2.96. The summed E-state index contributed by atoms with van der Waals surface area (Å²) in [4.78, 5) is 12.1. The predicted octanol–water partition coefficient (Wildman–Crippen LogP) is 3.90. The van der Waals surface area contributed by atoms with Crippen LogP contribution in [0.4, 0.5) is 5.69 Å². The van der Waals surface area contributed by atoms with Gasteiger partial charge in [-0.05, 0) is 42.8 Å². The number of hydrogen-bond donors (Lipinski definition) is 2. The molecule has 1 amide bonds. The Kier molecular flexibility index (Phi) is 4.82. The number of halogens is 1. The second-order valence-electron chi connectivity index (χ2n) is 4.70. The van der Waals surface area contributed by atoms with Crippen LogP contribution in [0.3, 0.4) is 0 Å². The number of anilines is 1. The van der Waals surface area contributed by atoms with Gasteiger partial charge in [-0.25, -0.2) is 0 Å². The van der Waals surface area contributed by atoms with Crippen molar-refractivity contribution >= 4 is 29.3 Å². The van der Waals surface area contributed by atoms with E-state index in [4.69, 9.17) is 16.9 Å². The normalized spacial score (nSPS) is 10.9. The molecule has 0 saturated heterocycles. The van der Waals surface area contributed by atoms with Gasteiger partial charge in [0.25, 0.3) is 5.91 Å². The summed E-state index contributed by atoms with van der Waals surface area (Å²) in [5.74, 6) is -0.558. The lowest BCUT2D eigenvalue weighted by atomic mass is 10.1. The number of aryl methyl sites for hydroxylation is 1. The molecule has 2 rings (SSSR count). The highest BCUT2D eigenvalue weighted by Gasteiger charge is 2.10. The first-order valence-electron chi connectivity index (χ1n) is 6.48. The average molecular weight is 313 g/mol. The van der Waals surface area contributed by atoms with E-state index < -0.39 is 5.91 Å². The molecule has 0 spiro atoms. The summed E-state index contributed by atoms with van der Waals surface area (Å²) >= 11 is 5.80. The molecule has 0 aromatic heterocycles. The number of carbonyl (C=O) groups is 1. The second kappa shape index (κ2) is 6.79. The zero-order valence-corrected chi connectivity index (χ0v) is 12.6. The van der Waals surface area contributed by atoms with Gasteiger partial charge in [0.2, 0.25) is 0 Å². The molecule has 0 radical (unpaired) electrons. The van der Waals surface area contributed by atoms with E-state index in [1.165, 1.54) is 18.2 Å². The number of hydrogen-bond acceptors (Lipinski definition) is 3. The van der Waals surface area contributed by atoms with E-state index in [-0.39, 0.29) is 16.3 Å². The van der Waals surface area contributed by atoms with Gasteiger partial charge in [0, 0.05) is 5.69 Å². The first kappa shape index (κ1) is 15.6. The van der Waals surface area contributed by atoms with Gasteiger partial charge in [0.1, 0.15) is 17.4 Å². The highest BCUT2D eigenvalue weighted by Crippen LogP contribution is 2.24. The molecule has 5 heteroatoms. The molecule has 0 aliphatic heterocycles. The van der Waals surface area contributed by atoms with Crippen molar-refractivity contribution in [3.63, 3.8) is 0 Å². The number of phenols is 1. The fourth-order valence-electron chi connectivity index (χ4n) is 1.76. The van der Waals surface area contributed by atoms with Crippen LogP contribution in [0, 0.1) is 18.3 Å². The van der Waals surface area contributed by atoms with Crippen molar-refractivity contribution in [1.82, 2.24) is 0 Å². The van der Waals surface area contributed by atoms with Gasteiger partial charge in [-0.3, -0.25) is 4.79 Å². The van der Waals surface area contributed by atoms with Gasteiger partial charge in [-0.2, -0.15) is 5.26 Å². The Labute approximate surface area is 133 Å². The summed E-state index contributed by atoms with van der Waals surface area (Å²) in [6, 6.07) is 13.6. The first-order valence-corrected chi connectivity index (χ1v) is 6.86. The monoisotopic (exact) mass is 312 g/mol. The van der Waals surface area contributed by atoms with E-state index in [1.54, 1.807) is 18.2 Å². The summed E-state index contributed by atoms with van der Waals surface area (Å²) in [7, 11) is 0. The minimum Gasteiger partial charge on any atom is -0.506 e. The minimum atomic E-state index is -0.504. The van der Waals surface area contributed by atoms with E-state index in [2.05, 4.69) is 5.32 Å². The van der Waals surface area contributed by atoms with Crippen molar-refractivity contribution in [1.29, 1.82) is 5.26 Å². The average Bonchev–Trinajstić information content (AvgIpc) is 2.50. The van der Waals surface area contributed by atoms with Crippen molar-refractivity contribution in [3.8, 4) is 11.8 Å². The van der Waals surface area contributed by atoms with Crippen LogP contribution in [0.5, 0.6) is 5.75 Å². The van der Waals surface area contributed by atoms with Gasteiger partial charge < -0.3 is 10.4 Å². The number of aromatic hydroxyl groups is 1. The van der Waals surface area contributed by atoms with Crippen molar-refractivity contribution in [2.45, 2.75) is 6.92 Å². The van der Waals surface area contributed by atoms with Crippen LogP contribution in [0.1, 0.15) is 11.1 Å². The van der Waals surface area contributed by atoms with Crippen LogP contribution >= 0.6 is 11.6 Å². The lowest BCUT2D eigenvalue weighted by Crippen LogP contribution is -2.13. The lowest BCUT2D eigenvalue weighted by molar-refractivity contribution is -0.112. The number of nitrogens with zero attached hydrogens (tertiary/aromatic N) is 1. The Morgan fingerprint density at radius 1 is 1.27 bits per heavy atom. The summed E-state index contributed by atoms with van der Waals surface area (Å²) in [6.45, 7) is 1.95. The minimum absolute atomic E-state index is 0.0534. The maximum absolute atomic E-state index is 12.1. The van der Waals surface area contributed by atoms with Crippen molar-refractivity contribution in [2.24, 2.45) is 0 Å². The van der Waals surface area contributed by atoms with Crippen LogP contribution in [-0.2, 0) is 4.79 Å². The molecule has 2 aromatic carbocycles. The first-order chi connectivity index (χ1) is 10.5. The Balaban J connectivity index is 2.21. The van der Waals surface area contributed by atoms with Gasteiger partial charge in [0.15, 0.2) is 0 Å². The second-order valence-corrected chi connectivity index (χ2v) is 5.11. The van der Waals surface area contributed by atoms with Crippen LogP contribution in [-0.4, -0.2) is 11.0 Å². The number of phenolic OH excluding ortho intramolecular Hbond substituents is 1. The molecule has 0 unspecified atom stereocenters. The van der Waals surface area contributed by atoms with Gasteiger partial charge in [0.05, 0.1) is 5.02 Å². The molecule has 110 valence electrons. The molecule has 0 fully saturated rings. The summed E-state index contributed by atoms with van der Waals surface area (Å²) in [6.07, 6.45) is 1.41. The molecule has 4 nitrogen and oxygen atoms in total. The van der Waals surface area contributed by atoms with E-state index >= 15 is 0 Å². The molecular formula is C17H13ClN2O2.